The van der Waals surface area contributed by atoms with Gasteiger partial charge in [-0.05, 0) is 43.5 Å². The van der Waals surface area contributed by atoms with Crippen molar-refractivity contribution in [3.05, 3.63) is 29.8 Å². The van der Waals surface area contributed by atoms with Gasteiger partial charge in [0.2, 0.25) is 0 Å². The van der Waals surface area contributed by atoms with E-state index in [2.05, 4.69) is 11.4 Å². The van der Waals surface area contributed by atoms with Crippen LogP contribution >= 0.6 is 0 Å². The molecule has 0 saturated heterocycles. The maximum atomic E-state index is 12.3. The number of ether oxygens (including phenoxy) is 2. The predicted octanol–water partition coefficient (Wildman–Crippen LogP) is 2.69. The Kier molecular flexibility index (Phi) is 6.83. The van der Waals surface area contributed by atoms with Gasteiger partial charge in [-0.25, -0.2) is 4.79 Å². The van der Waals surface area contributed by atoms with Crippen LogP contribution < -0.4 is 10.1 Å². The van der Waals surface area contributed by atoms with E-state index in [0.29, 0.717) is 18.4 Å². The number of methoxy groups -OCH3 is 1. The number of carbonyl (C=O) groups is 2. The highest BCUT2D eigenvalue weighted by molar-refractivity contribution is 5.90. The Morgan fingerprint density at radius 3 is 2.67 bits per heavy atom. The molecule has 0 aliphatic heterocycles. The molecule has 1 amide bonds. The lowest BCUT2D eigenvalue weighted by atomic mass is 9.83. The Bertz CT molecular complexity index is 760. The van der Waals surface area contributed by atoms with Crippen molar-refractivity contribution < 1.29 is 24.2 Å². The number of hydrogen-bond donors (Lipinski definition) is 2. The number of nitriles is 1. The molecule has 0 aromatic heterocycles. The van der Waals surface area contributed by atoms with Gasteiger partial charge in [0.25, 0.3) is 5.91 Å². The van der Waals surface area contributed by atoms with Crippen LogP contribution in [-0.4, -0.2) is 35.7 Å². The zero-order valence-corrected chi connectivity index (χ0v) is 15.5. The Balaban J connectivity index is 1.92. The maximum absolute atomic E-state index is 12.3. The largest absolute Gasteiger partial charge is 0.504 e. The lowest BCUT2D eigenvalue weighted by Gasteiger charge is -2.32. The summed E-state index contributed by atoms with van der Waals surface area (Å²) in [6, 6.07) is 6.82. The first-order chi connectivity index (χ1) is 12.9. The fourth-order valence-corrected chi connectivity index (χ4v) is 2.99. The number of aromatic hydroxyl groups is 1. The number of nitrogens with zero attached hydrogens (tertiary/aromatic N) is 1. The van der Waals surface area contributed by atoms with Gasteiger partial charge in [0.15, 0.2) is 17.6 Å². The van der Waals surface area contributed by atoms with E-state index in [1.165, 1.54) is 32.3 Å². The summed E-state index contributed by atoms with van der Waals surface area (Å²) in [6.45, 7) is 1.47. The molecule has 1 aliphatic rings. The second-order valence-corrected chi connectivity index (χ2v) is 6.59. The van der Waals surface area contributed by atoms with Crippen molar-refractivity contribution >= 4 is 18.0 Å². The summed E-state index contributed by atoms with van der Waals surface area (Å²) < 4.78 is 10.1. The van der Waals surface area contributed by atoms with E-state index in [1.54, 1.807) is 12.1 Å². The van der Waals surface area contributed by atoms with Gasteiger partial charge < -0.3 is 19.9 Å². The fraction of sp³-hybridized carbons (Fsp3) is 0.450. The Morgan fingerprint density at radius 1 is 1.33 bits per heavy atom. The molecule has 0 heterocycles. The fourth-order valence-electron chi connectivity index (χ4n) is 2.99. The molecule has 1 saturated carbocycles. The van der Waals surface area contributed by atoms with Crippen molar-refractivity contribution in [1.29, 1.82) is 5.26 Å². The van der Waals surface area contributed by atoms with Gasteiger partial charge in [-0.2, -0.15) is 5.26 Å². The number of rotatable bonds is 6. The minimum atomic E-state index is -1.01. The van der Waals surface area contributed by atoms with Crippen LogP contribution in [0.4, 0.5) is 0 Å². The number of amides is 1. The molecule has 27 heavy (non-hydrogen) atoms. The smallest absolute Gasteiger partial charge is 0.331 e. The summed E-state index contributed by atoms with van der Waals surface area (Å²) in [6.07, 6.45) is 5.72. The first kappa shape index (κ1) is 20.3. The number of benzene rings is 1. The first-order valence-corrected chi connectivity index (χ1v) is 8.88. The molecule has 7 heteroatoms. The number of hydrogen-bond acceptors (Lipinski definition) is 6. The molecule has 1 aromatic carbocycles. The van der Waals surface area contributed by atoms with E-state index in [1.807, 2.05) is 0 Å². The minimum absolute atomic E-state index is 0.00310. The van der Waals surface area contributed by atoms with E-state index in [-0.39, 0.29) is 11.5 Å². The SMILES string of the molecule is COc1cc(/C=C/C(=O)O[C@@H](C)C(=O)NC2(C#N)CCCCC2)ccc1O. The molecular formula is C20H24N2O5. The monoisotopic (exact) mass is 372 g/mol. The standard InChI is InChI=1S/C20H24N2O5/c1-14(19(25)22-20(13-21)10-4-3-5-11-20)27-18(24)9-7-15-6-8-16(23)17(12-15)26-2/h6-9,12,14,23H,3-5,10-11H2,1-2H3,(H,22,25)/b9-7+/t14-/m0/s1. The third kappa shape index (κ3) is 5.48. The normalized spacial score (nSPS) is 16.9. The highest BCUT2D eigenvalue weighted by Gasteiger charge is 2.35. The molecule has 0 unspecified atom stereocenters. The quantitative estimate of drug-likeness (QED) is 0.587. The first-order valence-electron chi connectivity index (χ1n) is 8.88. The number of phenols is 1. The van der Waals surface area contributed by atoms with Crippen LogP contribution in [0.1, 0.15) is 44.6 Å². The zero-order valence-electron chi connectivity index (χ0n) is 15.5. The molecule has 144 valence electrons. The molecular weight excluding hydrogens is 348 g/mol. The lowest BCUT2D eigenvalue weighted by Crippen LogP contribution is -2.52. The Morgan fingerprint density at radius 2 is 2.04 bits per heavy atom. The van der Waals surface area contributed by atoms with Crippen LogP contribution in [0.5, 0.6) is 11.5 Å². The molecule has 1 aliphatic carbocycles. The van der Waals surface area contributed by atoms with Crippen LogP contribution in [0.15, 0.2) is 24.3 Å². The van der Waals surface area contributed by atoms with Gasteiger partial charge in [-0.15, -0.1) is 0 Å². The third-order valence-electron chi connectivity index (χ3n) is 4.56. The summed E-state index contributed by atoms with van der Waals surface area (Å²) in [5.41, 5.74) is -0.238. The van der Waals surface area contributed by atoms with Crippen LogP contribution in [-0.2, 0) is 14.3 Å². The van der Waals surface area contributed by atoms with E-state index in [0.717, 1.165) is 19.3 Å². The van der Waals surface area contributed by atoms with E-state index < -0.39 is 23.5 Å². The maximum Gasteiger partial charge on any atom is 0.331 e. The minimum Gasteiger partial charge on any atom is -0.504 e. The molecule has 0 spiro atoms. The van der Waals surface area contributed by atoms with Crippen LogP contribution in [0, 0.1) is 11.3 Å². The van der Waals surface area contributed by atoms with Crippen molar-refractivity contribution in [1.82, 2.24) is 5.32 Å². The van der Waals surface area contributed by atoms with Gasteiger partial charge in [-0.1, -0.05) is 25.3 Å². The average molecular weight is 372 g/mol. The number of phenolic OH excluding ortho intramolecular Hbond substituents is 1. The second kappa shape index (κ2) is 9.08. The molecule has 0 bridgehead atoms. The highest BCUT2D eigenvalue weighted by atomic mass is 16.5. The van der Waals surface area contributed by atoms with Crippen LogP contribution in [0.25, 0.3) is 6.08 Å². The van der Waals surface area contributed by atoms with Crippen molar-refractivity contribution in [3.63, 3.8) is 0 Å². The topological polar surface area (TPSA) is 109 Å². The molecule has 1 fully saturated rings. The molecule has 1 atom stereocenters. The number of carbonyl (C=O) groups excluding carboxylic acids is 2. The molecule has 7 nitrogen and oxygen atoms in total. The summed E-state index contributed by atoms with van der Waals surface area (Å²) >= 11 is 0. The van der Waals surface area contributed by atoms with E-state index in [4.69, 9.17) is 9.47 Å². The van der Waals surface area contributed by atoms with Crippen LogP contribution in [0.3, 0.4) is 0 Å². The lowest BCUT2D eigenvalue weighted by molar-refractivity contribution is -0.150. The Labute approximate surface area is 158 Å². The zero-order chi connectivity index (χ0) is 19.9. The summed E-state index contributed by atoms with van der Waals surface area (Å²) in [5, 5.41) is 21.7. The molecule has 2 rings (SSSR count). The summed E-state index contributed by atoms with van der Waals surface area (Å²) in [4.78, 5) is 24.3. The van der Waals surface area contributed by atoms with Gasteiger partial charge in [-0.3, -0.25) is 4.79 Å². The predicted molar refractivity (Wildman–Crippen MR) is 98.8 cm³/mol. The van der Waals surface area contributed by atoms with Crippen molar-refractivity contribution in [2.24, 2.45) is 0 Å². The van der Waals surface area contributed by atoms with E-state index in [9.17, 15) is 20.0 Å². The molecule has 1 aromatic rings. The third-order valence-corrected chi connectivity index (χ3v) is 4.56. The van der Waals surface area contributed by atoms with Gasteiger partial charge in [0.05, 0.1) is 13.2 Å². The highest BCUT2D eigenvalue weighted by Crippen LogP contribution is 2.28. The molecule has 0 radical (unpaired) electrons. The van der Waals surface area contributed by atoms with Crippen LogP contribution in [0.2, 0.25) is 0 Å². The number of esters is 1. The van der Waals surface area contributed by atoms with Gasteiger partial charge in [0.1, 0.15) is 5.54 Å². The second-order valence-electron chi connectivity index (χ2n) is 6.59. The van der Waals surface area contributed by atoms with Crippen molar-refractivity contribution in [2.45, 2.75) is 50.7 Å². The summed E-state index contributed by atoms with van der Waals surface area (Å²) in [7, 11) is 1.43. The summed E-state index contributed by atoms with van der Waals surface area (Å²) in [5.74, 6) is -0.880. The van der Waals surface area contributed by atoms with Gasteiger partial charge in [0, 0.05) is 6.08 Å². The van der Waals surface area contributed by atoms with Crippen molar-refractivity contribution in [2.75, 3.05) is 7.11 Å². The van der Waals surface area contributed by atoms with Gasteiger partial charge >= 0.3 is 5.97 Å². The molecule has 2 N–H and O–H groups in total. The number of nitrogens with one attached hydrogen (secondary N) is 1. The van der Waals surface area contributed by atoms with E-state index >= 15 is 0 Å². The Hall–Kier alpha value is -3.01. The average Bonchev–Trinajstić information content (AvgIpc) is 2.68. The van der Waals surface area contributed by atoms with Crippen molar-refractivity contribution in [3.8, 4) is 17.6 Å².